The molecule has 0 bridgehead atoms. The lowest BCUT2D eigenvalue weighted by Crippen LogP contribution is -2.59. The van der Waals surface area contributed by atoms with Crippen LogP contribution in [-0.2, 0) is 22.7 Å². The number of carbonyl (C=O) groups excluding carboxylic acids is 2. The van der Waals surface area contributed by atoms with Crippen LogP contribution in [0.2, 0.25) is 0 Å². The summed E-state index contributed by atoms with van der Waals surface area (Å²) in [5, 5.41) is 11.6. The van der Waals surface area contributed by atoms with Gasteiger partial charge >= 0.3 is 11.4 Å². The van der Waals surface area contributed by atoms with E-state index in [0.29, 0.717) is 17.0 Å². The second-order valence-corrected chi connectivity index (χ2v) is 13.7. The molecule has 1 aliphatic carbocycles. The third-order valence-corrected chi connectivity index (χ3v) is 11.2. The highest BCUT2D eigenvalue weighted by atomic mass is 35.5. The quantitative estimate of drug-likeness (QED) is 0.143. The summed E-state index contributed by atoms with van der Waals surface area (Å²) in [6, 6.07) is 26.1. The molecule has 1 saturated heterocycles. The van der Waals surface area contributed by atoms with Gasteiger partial charge in [-0.05, 0) is 53.6 Å². The minimum Gasteiger partial charge on any atom is -0.508 e. The maximum absolute atomic E-state index is 14.5. The number of amides is 2. The van der Waals surface area contributed by atoms with Crippen LogP contribution in [0.1, 0.15) is 29.5 Å². The van der Waals surface area contributed by atoms with Gasteiger partial charge in [-0.2, -0.15) is 0 Å². The summed E-state index contributed by atoms with van der Waals surface area (Å²) < 4.78 is 23.3. The lowest BCUT2D eigenvalue weighted by molar-refractivity contribution is -0.122. The number of allylic oxidation sites excluding steroid dienone is 2. The van der Waals surface area contributed by atoms with Gasteiger partial charge in [-0.15, -0.1) is 23.2 Å². The van der Waals surface area contributed by atoms with Crippen molar-refractivity contribution in [1.29, 1.82) is 0 Å². The first-order valence-corrected chi connectivity index (χ1v) is 16.5. The fourth-order valence-electron chi connectivity index (χ4n) is 7.40. The van der Waals surface area contributed by atoms with Crippen molar-refractivity contribution in [1.82, 2.24) is 13.9 Å². The van der Waals surface area contributed by atoms with Gasteiger partial charge in [0.25, 0.3) is 11.8 Å². The second kappa shape index (κ2) is 11.6. The Morgan fingerprint density at radius 1 is 0.820 bits per heavy atom. The van der Waals surface area contributed by atoms with Gasteiger partial charge in [0.2, 0.25) is 0 Å². The van der Waals surface area contributed by atoms with Gasteiger partial charge < -0.3 is 9.84 Å². The molecule has 3 heterocycles. The number of halogens is 3. The third-order valence-electron chi connectivity index (χ3n) is 9.74. The SMILES string of the molecule is O=C1N(c2ccc(F)cc2)C(=O)C2(Cl)C(c3ccc(OCc4ccccc4)cc3O)C3=CCn4c(=O)n(-c5ccccc5)c(=O)n4C3CC12Cl. The summed E-state index contributed by atoms with van der Waals surface area (Å²) in [7, 11) is 0. The average Bonchev–Trinajstić information content (AvgIpc) is 3.46. The predicted molar refractivity (Wildman–Crippen MR) is 184 cm³/mol. The smallest absolute Gasteiger partial charge is 0.352 e. The number of benzene rings is 4. The lowest BCUT2D eigenvalue weighted by atomic mass is 9.64. The molecule has 4 atom stereocenters. The summed E-state index contributed by atoms with van der Waals surface area (Å²) in [4.78, 5) is 53.1. The summed E-state index contributed by atoms with van der Waals surface area (Å²) in [6.45, 7) is 0.153. The van der Waals surface area contributed by atoms with E-state index in [9.17, 15) is 28.7 Å². The van der Waals surface area contributed by atoms with Crippen LogP contribution in [0.5, 0.6) is 11.5 Å². The maximum Gasteiger partial charge on any atom is 0.352 e. The van der Waals surface area contributed by atoms with Gasteiger partial charge in [0.1, 0.15) is 23.9 Å². The number of nitrogens with zero attached hydrogens (tertiary/aromatic N) is 4. The van der Waals surface area contributed by atoms with E-state index < -0.39 is 50.7 Å². The number of phenolic OH excluding ortho intramolecular Hbond substituents is 1. The van der Waals surface area contributed by atoms with Crippen LogP contribution in [0.3, 0.4) is 0 Å². The Hall–Kier alpha value is -5.39. The molecule has 50 heavy (non-hydrogen) atoms. The van der Waals surface area contributed by atoms with Gasteiger partial charge in [0, 0.05) is 24.0 Å². The number of anilines is 1. The fraction of sp³-hybridized carbons (Fsp3) is 0.189. The number of imide groups is 1. The standard InChI is InChI=1S/C37H27Cl2FN4O6/c38-36-20-29-27(17-18-41-34(48)43(35(49)44(29)41)24-9-5-2-6-10-24)31(28-16-15-26(19-30(28)45)50-21-22-7-3-1-4-8-22)37(36,39)33(47)42(32(36)46)25-13-11-23(40)12-14-25/h1-17,19,29,31,45H,18,20-21H2. The Kier molecular flexibility index (Phi) is 7.39. The maximum atomic E-state index is 14.5. The topological polar surface area (TPSA) is 116 Å². The number of rotatable bonds is 6. The van der Waals surface area contributed by atoms with Crippen molar-refractivity contribution in [2.24, 2.45) is 0 Å². The molecular formula is C37H27Cl2FN4O6. The number of hydrogen-bond donors (Lipinski definition) is 1. The monoisotopic (exact) mass is 712 g/mol. The van der Waals surface area contributed by atoms with Gasteiger partial charge in [-0.25, -0.2) is 32.8 Å². The van der Waals surface area contributed by atoms with Crippen LogP contribution >= 0.6 is 23.2 Å². The molecule has 2 amide bonds. The largest absolute Gasteiger partial charge is 0.508 e. The highest BCUT2D eigenvalue weighted by Gasteiger charge is 2.76. The zero-order valence-electron chi connectivity index (χ0n) is 26.1. The molecular weight excluding hydrogens is 686 g/mol. The lowest BCUT2D eigenvalue weighted by Gasteiger charge is -2.49. The molecule has 1 N–H and O–H groups in total. The molecule has 1 aromatic heterocycles. The van der Waals surface area contributed by atoms with E-state index in [1.165, 1.54) is 27.6 Å². The summed E-state index contributed by atoms with van der Waals surface area (Å²) in [6.07, 6.45) is 1.34. The molecule has 0 spiro atoms. The van der Waals surface area contributed by atoms with Crippen molar-refractivity contribution in [3.8, 4) is 17.2 Å². The molecule has 13 heteroatoms. The normalized spacial score (nSPS) is 24.0. The Morgan fingerprint density at radius 2 is 1.50 bits per heavy atom. The van der Waals surface area contributed by atoms with Crippen molar-refractivity contribution in [3.63, 3.8) is 0 Å². The number of ether oxygens (including phenoxy) is 1. The van der Waals surface area contributed by atoms with E-state index in [0.717, 1.165) is 27.2 Å². The first-order chi connectivity index (χ1) is 24.0. The molecule has 3 aliphatic rings. The zero-order valence-corrected chi connectivity index (χ0v) is 27.6. The number of hydrogen-bond acceptors (Lipinski definition) is 6. The van der Waals surface area contributed by atoms with E-state index in [1.807, 2.05) is 30.3 Å². The Morgan fingerprint density at radius 3 is 2.18 bits per heavy atom. The van der Waals surface area contributed by atoms with Gasteiger partial charge in [-0.3, -0.25) is 9.59 Å². The first-order valence-electron chi connectivity index (χ1n) is 15.8. The minimum atomic E-state index is -2.22. The van der Waals surface area contributed by atoms with E-state index in [2.05, 4.69) is 0 Å². The molecule has 2 aliphatic heterocycles. The number of aromatic hydroxyl groups is 1. The van der Waals surface area contributed by atoms with E-state index in [-0.39, 0.29) is 36.6 Å². The molecule has 10 nitrogen and oxygen atoms in total. The van der Waals surface area contributed by atoms with E-state index >= 15 is 0 Å². The summed E-state index contributed by atoms with van der Waals surface area (Å²) >= 11 is 14.8. The Balaban J connectivity index is 1.29. The minimum absolute atomic E-state index is 0.0461. The second-order valence-electron chi connectivity index (χ2n) is 12.4. The molecule has 252 valence electrons. The van der Waals surface area contributed by atoms with E-state index in [1.54, 1.807) is 48.5 Å². The summed E-state index contributed by atoms with van der Waals surface area (Å²) in [5.74, 6) is -3.57. The van der Waals surface area contributed by atoms with Crippen molar-refractivity contribution in [3.05, 3.63) is 153 Å². The number of aromatic nitrogens is 3. The number of phenols is 1. The number of carbonyl (C=O) groups is 2. The molecule has 4 unspecified atom stereocenters. The molecule has 0 radical (unpaired) electrons. The highest BCUT2D eigenvalue weighted by Crippen LogP contribution is 2.64. The van der Waals surface area contributed by atoms with Crippen molar-refractivity contribution in [2.45, 2.75) is 41.3 Å². The number of fused-ring (bicyclic) bond motifs is 4. The Bertz CT molecular complexity index is 2340. The predicted octanol–water partition coefficient (Wildman–Crippen LogP) is 5.42. The van der Waals surface area contributed by atoms with Gasteiger partial charge in [0.05, 0.1) is 24.0 Å². The first kappa shape index (κ1) is 31.9. The molecule has 5 aromatic rings. The van der Waals surface area contributed by atoms with Gasteiger partial charge in [-0.1, -0.05) is 60.7 Å². The van der Waals surface area contributed by atoms with Gasteiger partial charge in [0.15, 0.2) is 9.75 Å². The van der Waals surface area contributed by atoms with Crippen molar-refractivity contribution in [2.75, 3.05) is 4.90 Å². The van der Waals surface area contributed by atoms with Crippen molar-refractivity contribution < 1.29 is 23.8 Å². The molecule has 8 rings (SSSR count). The summed E-state index contributed by atoms with van der Waals surface area (Å²) in [5.41, 5.74) is 0.574. The number of para-hydroxylation sites is 1. The van der Waals surface area contributed by atoms with Crippen molar-refractivity contribution >= 4 is 40.7 Å². The van der Waals surface area contributed by atoms with Crippen LogP contribution in [0.15, 0.2) is 124 Å². The molecule has 4 aromatic carbocycles. The van der Waals surface area contributed by atoms with E-state index in [4.69, 9.17) is 27.9 Å². The van der Waals surface area contributed by atoms with Crippen LogP contribution < -0.4 is 21.0 Å². The van der Waals surface area contributed by atoms with Crippen LogP contribution in [-0.4, -0.2) is 40.6 Å². The molecule has 1 saturated carbocycles. The Labute approximate surface area is 293 Å². The van der Waals surface area contributed by atoms with Crippen LogP contribution in [0.4, 0.5) is 10.1 Å². The fourth-order valence-corrected chi connectivity index (χ4v) is 8.31. The molecule has 2 fully saturated rings. The number of alkyl halides is 2. The third kappa shape index (κ3) is 4.53. The average molecular weight is 714 g/mol. The zero-order chi connectivity index (χ0) is 34.9. The van der Waals surface area contributed by atoms with Crippen LogP contribution in [0, 0.1) is 5.82 Å². The highest BCUT2D eigenvalue weighted by molar-refractivity contribution is 6.58. The van der Waals surface area contributed by atoms with Crippen LogP contribution in [0.25, 0.3) is 5.69 Å².